The molecule has 0 aliphatic carbocycles. The second-order valence-corrected chi connectivity index (χ2v) is 7.71. The molecule has 0 radical (unpaired) electrons. The zero-order valence-corrected chi connectivity index (χ0v) is 16.0. The van der Waals surface area contributed by atoms with E-state index in [1.807, 2.05) is 37.4 Å². The maximum Gasteiger partial charge on any atom is 0.257 e. The Morgan fingerprint density at radius 1 is 1.28 bits per heavy atom. The zero-order chi connectivity index (χ0) is 18.0. The molecule has 25 heavy (non-hydrogen) atoms. The van der Waals surface area contributed by atoms with Crippen molar-refractivity contribution >= 4 is 22.4 Å². The second-order valence-electron chi connectivity index (χ2n) is 6.85. The highest BCUT2D eigenvalue weighted by atomic mass is 32.1. The van der Waals surface area contributed by atoms with Crippen LogP contribution in [0.15, 0.2) is 23.6 Å². The summed E-state index contributed by atoms with van der Waals surface area (Å²) in [6.07, 6.45) is 0.484. The largest absolute Gasteiger partial charge is 0.373 e. The molecule has 3 rings (SSSR count). The van der Waals surface area contributed by atoms with E-state index in [2.05, 4.69) is 29.0 Å². The molecule has 1 saturated heterocycles. The molecule has 6 heteroatoms. The third kappa shape index (κ3) is 4.66. The van der Waals surface area contributed by atoms with Crippen molar-refractivity contribution in [2.75, 3.05) is 18.4 Å². The van der Waals surface area contributed by atoms with Gasteiger partial charge in [0.1, 0.15) is 0 Å². The molecule has 2 atom stereocenters. The smallest absolute Gasteiger partial charge is 0.257 e. The Morgan fingerprint density at radius 2 is 2.00 bits per heavy atom. The lowest BCUT2D eigenvalue weighted by molar-refractivity contribution is -0.0707. The van der Waals surface area contributed by atoms with E-state index < -0.39 is 0 Å². The van der Waals surface area contributed by atoms with E-state index in [-0.39, 0.29) is 18.1 Å². The molecule has 5 nitrogen and oxygen atoms in total. The molecule has 2 unspecified atom stereocenters. The van der Waals surface area contributed by atoms with Gasteiger partial charge < -0.3 is 4.74 Å². The second kappa shape index (κ2) is 7.64. The van der Waals surface area contributed by atoms with Gasteiger partial charge in [-0.05, 0) is 51.0 Å². The first kappa shape index (κ1) is 18.0. The Kier molecular flexibility index (Phi) is 5.51. The van der Waals surface area contributed by atoms with Crippen molar-refractivity contribution in [3.05, 3.63) is 46.0 Å². The van der Waals surface area contributed by atoms with Crippen LogP contribution >= 0.6 is 11.3 Å². The van der Waals surface area contributed by atoms with Crippen LogP contribution in [0.4, 0.5) is 5.13 Å². The number of hydrogen-bond donors (Lipinski definition) is 1. The van der Waals surface area contributed by atoms with Gasteiger partial charge in [0.05, 0.1) is 17.9 Å². The fraction of sp³-hybridized carbons (Fsp3) is 0.474. The minimum absolute atomic E-state index is 0.113. The molecule has 134 valence electrons. The summed E-state index contributed by atoms with van der Waals surface area (Å²) in [5.41, 5.74) is 3.95. The SMILES string of the molecule is Cc1ccc(C(=O)Nc2nc(CN3CC(C)OC(C)C3)cs2)cc1C. The number of thiazole rings is 1. The van der Waals surface area contributed by atoms with Gasteiger partial charge in [0, 0.05) is 30.6 Å². The van der Waals surface area contributed by atoms with Gasteiger partial charge in [0.15, 0.2) is 5.13 Å². The lowest BCUT2D eigenvalue weighted by atomic mass is 10.1. The molecular formula is C19H25N3O2S. The monoisotopic (exact) mass is 359 g/mol. The number of morpholine rings is 1. The molecule has 1 aromatic heterocycles. The fourth-order valence-electron chi connectivity index (χ4n) is 3.13. The van der Waals surface area contributed by atoms with Crippen molar-refractivity contribution in [1.82, 2.24) is 9.88 Å². The molecule has 0 spiro atoms. The number of amides is 1. The highest BCUT2D eigenvalue weighted by molar-refractivity contribution is 7.13. The highest BCUT2D eigenvalue weighted by Gasteiger charge is 2.22. The molecule has 2 aromatic rings. The van der Waals surface area contributed by atoms with Crippen LogP contribution in [0.25, 0.3) is 0 Å². The van der Waals surface area contributed by atoms with Crippen LogP contribution in [-0.2, 0) is 11.3 Å². The molecule has 1 aromatic carbocycles. The Morgan fingerprint density at radius 3 is 2.68 bits per heavy atom. The number of ether oxygens (including phenoxy) is 1. The fourth-order valence-corrected chi connectivity index (χ4v) is 3.83. The van der Waals surface area contributed by atoms with Crippen LogP contribution in [0.2, 0.25) is 0 Å². The van der Waals surface area contributed by atoms with E-state index in [0.717, 1.165) is 30.9 Å². The van der Waals surface area contributed by atoms with Crippen molar-refractivity contribution in [3.63, 3.8) is 0 Å². The van der Waals surface area contributed by atoms with Crippen molar-refractivity contribution in [3.8, 4) is 0 Å². The van der Waals surface area contributed by atoms with Gasteiger partial charge in [-0.15, -0.1) is 11.3 Å². The van der Waals surface area contributed by atoms with Crippen molar-refractivity contribution < 1.29 is 9.53 Å². The minimum Gasteiger partial charge on any atom is -0.373 e. The summed E-state index contributed by atoms with van der Waals surface area (Å²) in [5, 5.41) is 5.57. The van der Waals surface area contributed by atoms with Crippen molar-refractivity contribution in [2.24, 2.45) is 0 Å². The number of hydrogen-bond acceptors (Lipinski definition) is 5. The summed E-state index contributed by atoms with van der Waals surface area (Å²) in [5.74, 6) is -0.113. The van der Waals surface area contributed by atoms with Crippen LogP contribution in [0.5, 0.6) is 0 Å². The number of rotatable bonds is 4. The van der Waals surface area contributed by atoms with Crippen LogP contribution in [-0.4, -0.2) is 41.1 Å². The predicted octanol–water partition coefficient (Wildman–Crippen LogP) is 3.62. The predicted molar refractivity (Wildman–Crippen MR) is 101 cm³/mol. The summed E-state index contributed by atoms with van der Waals surface area (Å²) < 4.78 is 5.76. The molecular weight excluding hydrogens is 334 g/mol. The normalized spacial score (nSPS) is 21.3. The molecule has 0 saturated carbocycles. The molecule has 1 aliphatic rings. The molecule has 1 amide bonds. The maximum absolute atomic E-state index is 12.4. The molecule has 1 fully saturated rings. The number of carbonyl (C=O) groups is 1. The average molecular weight is 359 g/mol. The number of benzene rings is 1. The van der Waals surface area contributed by atoms with Gasteiger partial charge in [0.25, 0.3) is 5.91 Å². The summed E-state index contributed by atoms with van der Waals surface area (Å²) in [6, 6.07) is 5.73. The minimum atomic E-state index is -0.113. The van der Waals surface area contributed by atoms with Crippen LogP contribution in [0, 0.1) is 13.8 Å². The van der Waals surface area contributed by atoms with Crippen LogP contribution in [0.1, 0.15) is 41.0 Å². The average Bonchev–Trinajstić information content (AvgIpc) is 2.95. The number of nitrogens with zero attached hydrogens (tertiary/aromatic N) is 2. The summed E-state index contributed by atoms with van der Waals surface area (Å²) >= 11 is 1.47. The first-order valence-corrected chi connectivity index (χ1v) is 9.49. The van der Waals surface area contributed by atoms with E-state index >= 15 is 0 Å². The maximum atomic E-state index is 12.4. The van der Waals surface area contributed by atoms with Gasteiger partial charge in [0.2, 0.25) is 0 Å². The third-order valence-corrected chi connectivity index (χ3v) is 5.23. The topological polar surface area (TPSA) is 54.5 Å². The number of carbonyl (C=O) groups excluding carboxylic acids is 1. The van der Waals surface area contributed by atoms with E-state index in [4.69, 9.17) is 4.74 Å². The quantitative estimate of drug-likeness (QED) is 0.906. The number of aryl methyl sites for hydroxylation is 2. The lowest BCUT2D eigenvalue weighted by Gasteiger charge is -2.34. The van der Waals surface area contributed by atoms with E-state index in [1.54, 1.807) is 0 Å². The van der Waals surface area contributed by atoms with E-state index in [0.29, 0.717) is 10.7 Å². The summed E-state index contributed by atoms with van der Waals surface area (Å²) in [4.78, 5) is 19.3. The Hall–Kier alpha value is -1.76. The number of aromatic nitrogens is 1. The number of anilines is 1. The molecule has 1 aliphatic heterocycles. The highest BCUT2D eigenvalue weighted by Crippen LogP contribution is 2.20. The van der Waals surface area contributed by atoms with Crippen LogP contribution in [0.3, 0.4) is 0 Å². The molecule has 2 heterocycles. The first-order chi connectivity index (χ1) is 11.9. The Labute approximate surface area is 153 Å². The molecule has 0 bridgehead atoms. The first-order valence-electron chi connectivity index (χ1n) is 8.61. The third-order valence-electron chi connectivity index (χ3n) is 4.42. The van der Waals surface area contributed by atoms with Gasteiger partial charge in [-0.2, -0.15) is 0 Å². The summed E-state index contributed by atoms with van der Waals surface area (Å²) in [6.45, 7) is 10.8. The van der Waals surface area contributed by atoms with Crippen molar-refractivity contribution in [1.29, 1.82) is 0 Å². The Balaban J connectivity index is 1.61. The van der Waals surface area contributed by atoms with Crippen LogP contribution < -0.4 is 5.32 Å². The Bertz CT molecular complexity index is 749. The lowest BCUT2D eigenvalue weighted by Crippen LogP contribution is -2.44. The van der Waals surface area contributed by atoms with Gasteiger partial charge in [-0.3, -0.25) is 15.0 Å². The van der Waals surface area contributed by atoms with E-state index in [1.165, 1.54) is 16.9 Å². The van der Waals surface area contributed by atoms with Gasteiger partial charge in [-0.1, -0.05) is 6.07 Å². The zero-order valence-electron chi connectivity index (χ0n) is 15.2. The molecule has 1 N–H and O–H groups in total. The van der Waals surface area contributed by atoms with E-state index in [9.17, 15) is 4.79 Å². The summed E-state index contributed by atoms with van der Waals surface area (Å²) in [7, 11) is 0. The van der Waals surface area contributed by atoms with Gasteiger partial charge >= 0.3 is 0 Å². The van der Waals surface area contributed by atoms with Gasteiger partial charge in [-0.25, -0.2) is 4.98 Å². The van der Waals surface area contributed by atoms with Crippen molar-refractivity contribution in [2.45, 2.75) is 46.4 Å². The number of nitrogens with one attached hydrogen (secondary N) is 1. The standard InChI is InChI=1S/C19H25N3O2S/c1-12-5-6-16(7-13(12)2)18(23)21-19-20-17(11-25-19)10-22-8-14(3)24-15(4)9-22/h5-7,11,14-15H,8-10H2,1-4H3,(H,20,21,23).